The van der Waals surface area contributed by atoms with E-state index < -0.39 is 22.5 Å². The Hall–Kier alpha value is -3.01. The molecular weight excluding hydrogens is 380 g/mol. The van der Waals surface area contributed by atoms with Crippen molar-refractivity contribution in [1.82, 2.24) is 9.97 Å². The van der Waals surface area contributed by atoms with Crippen molar-refractivity contribution in [3.63, 3.8) is 0 Å². The van der Waals surface area contributed by atoms with Gasteiger partial charge in [0, 0.05) is 17.5 Å². The van der Waals surface area contributed by atoms with Gasteiger partial charge in [0.1, 0.15) is 11.0 Å². The highest BCUT2D eigenvalue weighted by Crippen LogP contribution is 2.33. The molecule has 0 saturated heterocycles. The first kappa shape index (κ1) is 17.8. The molecule has 6 nitrogen and oxygen atoms in total. The topological polar surface area (TPSA) is 81.0 Å². The van der Waals surface area contributed by atoms with Crippen LogP contribution in [0.2, 0.25) is 5.15 Å². The van der Waals surface area contributed by atoms with Crippen LogP contribution in [-0.2, 0) is 6.18 Å². The summed E-state index contributed by atoms with van der Waals surface area (Å²) in [6.07, 6.45) is -4.56. The van der Waals surface area contributed by atoms with E-state index in [-0.39, 0.29) is 33.4 Å². The molecule has 0 aliphatic carbocycles. The second-order valence-corrected chi connectivity index (χ2v) is 5.47. The summed E-state index contributed by atoms with van der Waals surface area (Å²) >= 11 is 5.91. The number of non-ortho nitro benzene ring substituents is 1. The molecule has 26 heavy (non-hydrogen) atoms. The van der Waals surface area contributed by atoms with E-state index in [0.717, 1.165) is 36.4 Å². The van der Waals surface area contributed by atoms with Gasteiger partial charge in [-0.05, 0) is 24.3 Å². The van der Waals surface area contributed by atoms with E-state index in [4.69, 9.17) is 11.6 Å². The number of rotatable bonds is 3. The minimum atomic E-state index is -4.56. The molecule has 11 heteroatoms. The molecule has 2 aromatic carbocycles. The lowest BCUT2D eigenvalue weighted by atomic mass is 10.1. The Morgan fingerprint density at radius 1 is 1.12 bits per heavy atom. The van der Waals surface area contributed by atoms with Crippen LogP contribution in [0.3, 0.4) is 0 Å². The van der Waals surface area contributed by atoms with Gasteiger partial charge in [0.05, 0.1) is 21.7 Å². The summed E-state index contributed by atoms with van der Waals surface area (Å²) in [5.74, 6) is -1.02. The Bertz CT molecular complexity index is 1030. The third-order valence-corrected chi connectivity index (χ3v) is 3.67. The Balaban J connectivity index is 2.02. The minimum absolute atomic E-state index is 0.0356. The smallest absolute Gasteiger partial charge is 0.321 e. The summed E-state index contributed by atoms with van der Waals surface area (Å²) < 4.78 is 52.1. The number of hydrogen-bond acceptors (Lipinski definition) is 5. The zero-order valence-electron chi connectivity index (χ0n) is 12.5. The highest BCUT2D eigenvalue weighted by molar-refractivity contribution is 6.34. The number of nitrogens with one attached hydrogen (secondary N) is 1. The molecule has 1 heterocycles. The van der Waals surface area contributed by atoms with Crippen LogP contribution in [0.15, 0.2) is 36.4 Å². The molecule has 3 rings (SSSR count). The zero-order valence-corrected chi connectivity index (χ0v) is 13.3. The van der Waals surface area contributed by atoms with Crippen molar-refractivity contribution in [2.75, 3.05) is 5.32 Å². The maximum absolute atomic E-state index is 13.8. The van der Waals surface area contributed by atoms with Gasteiger partial charge in [-0.2, -0.15) is 13.2 Å². The first-order valence-electron chi connectivity index (χ1n) is 6.90. The normalized spacial score (nSPS) is 11.6. The fourth-order valence-corrected chi connectivity index (χ4v) is 2.40. The highest BCUT2D eigenvalue weighted by atomic mass is 35.5. The number of hydrogen-bond donors (Lipinski definition) is 1. The van der Waals surface area contributed by atoms with Crippen molar-refractivity contribution >= 4 is 39.8 Å². The van der Waals surface area contributed by atoms with Crippen molar-refractivity contribution in [1.29, 1.82) is 0 Å². The summed E-state index contributed by atoms with van der Waals surface area (Å²) in [4.78, 5) is 17.8. The first-order chi connectivity index (χ1) is 12.1. The van der Waals surface area contributed by atoms with E-state index in [1.54, 1.807) is 0 Å². The van der Waals surface area contributed by atoms with Crippen LogP contribution < -0.4 is 5.32 Å². The lowest BCUT2D eigenvalue weighted by molar-refractivity contribution is -0.384. The lowest BCUT2D eigenvalue weighted by Gasteiger charge is -2.10. The third-order valence-electron chi connectivity index (χ3n) is 3.38. The van der Waals surface area contributed by atoms with Crippen molar-refractivity contribution in [2.45, 2.75) is 6.18 Å². The minimum Gasteiger partial charge on any atom is -0.321 e. The van der Waals surface area contributed by atoms with Crippen LogP contribution in [0.4, 0.5) is 34.9 Å². The standard InChI is InChI=1S/C15H7ClF4N4O2/c16-13-9-5-7(15(18,19)20)1-4-11(9)21-14(23-13)22-12-6-8(24(25)26)2-3-10(12)17/h1-6H,(H,21,22,23). The van der Waals surface area contributed by atoms with Crippen molar-refractivity contribution < 1.29 is 22.5 Å². The summed E-state index contributed by atoms with van der Waals surface area (Å²) in [5.41, 5.74) is -1.47. The number of nitro benzene ring substituents is 1. The number of fused-ring (bicyclic) bond motifs is 1. The van der Waals surface area contributed by atoms with Crippen LogP contribution in [0.1, 0.15) is 5.56 Å². The van der Waals surface area contributed by atoms with Crippen LogP contribution in [0.5, 0.6) is 0 Å². The Morgan fingerprint density at radius 2 is 1.85 bits per heavy atom. The molecule has 0 unspecified atom stereocenters. The molecule has 0 atom stereocenters. The number of nitro groups is 1. The average Bonchev–Trinajstić information content (AvgIpc) is 2.55. The molecule has 0 spiro atoms. The summed E-state index contributed by atoms with van der Waals surface area (Å²) in [7, 11) is 0. The molecule has 0 aliphatic rings. The van der Waals surface area contributed by atoms with Gasteiger partial charge < -0.3 is 5.32 Å². The van der Waals surface area contributed by atoms with E-state index >= 15 is 0 Å². The van der Waals surface area contributed by atoms with Gasteiger partial charge in [0.25, 0.3) is 5.69 Å². The van der Waals surface area contributed by atoms with Crippen LogP contribution >= 0.6 is 11.6 Å². The van der Waals surface area contributed by atoms with Gasteiger partial charge in [0.2, 0.25) is 5.95 Å². The molecule has 3 aromatic rings. The van der Waals surface area contributed by atoms with Gasteiger partial charge in [-0.1, -0.05) is 11.6 Å². The second kappa shape index (κ2) is 6.37. The molecule has 1 N–H and O–H groups in total. The summed E-state index contributed by atoms with van der Waals surface area (Å²) in [6.45, 7) is 0. The Labute approximate surface area is 147 Å². The van der Waals surface area contributed by atoms with Crippen LogP contribution in [0, 0.1) is 15.9 Å². The first-order valence-corrected chi connectivity index (χ1v) is 7.28. The van der Waals surface area contributed by atoms with E-state index in [9.17, 15) is 27.7 Å². The SMILES string of the molecule is O=[N+]([O-])c1ccc(F)c(Nc2nc(Cl)c3cc(C(F)(F)F)ccc3n2)c1. The van der Waals surface area contributed by atoms with Gasteiger partial charge in [-0.15, -0.1) is 0 Å². The van der Waals surface area contributed by atoms with Crippen molar-refractivity contribution in [3.05, 3.63) is 63.0 Å². The molecule has 134 valence electrons. The molecule has 0 fully saturated rings. The molecule has 0 aliphatic heterocycles. The van der Waals surface area contributed by atoms with Gasteiger partial charge in [0.15, 0.2) is 0 Å². The lowest BCUT2D eigenvalue weighted by Crippen LogP contribution is -2.05. The third kappa shape index (κ3) is 3.49. The number of nitrogens with zero attached hydrogens (tertiary/aromatic N) is 3. The predicted octanol–water partition coefficient (Wildman–Crippen LogP) is 5.09. The molecular formula is C15H7ClF4N4O2. The van der Waals surface area contributed by atoms with Gasteiger partial charge >= 0.3 is 6.18 Å². The molecule has 1 aromatic heterocycles. The number of alkyl halides is 3. The number of halogens is 5. The van der Waals surface area contributed by atoms with E-state index in [1.165, 1.54) is 0 Å². The molecule has 0 amide bonds. The predicted molar refractivity (Wildman–Crippen MR) is 85.9 cm³/mol. The highest BCUT2D eigenvalue weighted by Gasteiger charge is 2.30. The van der Waals surface area contributed by atoms with Crippen molar-refractivity contribution in [2.24, 2.45) is 0 Å². The second-order valence-electron chi connectivity index (χ2n) is 5.11. The van der Waals surface area contributed by atoms with E-state index in [1.807, 2.05) is 0 Å². The molecule has 0 radical (unpaired) electrons. The summed E-state index contributed by atoms with van der Waals surface area (Å²) in [5, 5.41) is 12.9. The Morgan fingerprint density at radius 3 is 2.50 bits per heavy atom. The molecule has 0 bridgehead atoms. The maximum Gasteiger partial charge on any atom is 0.416 e. The quantitative estimate of drug-likeness (QED) is 0.293. The van der Waals surface area contributed by atoms with Crippen LogP contribution in [-0.4, -0.2) is 14.9 Å². The van der Waals surface area contributed by atoms with E-state index in [2.05, 4.69) is 15.3 Å². The van der Waals surface area contributed by atoms with Gasteiger partial charge in [-0.25, -0.2) is 14.4 Å². The molecule has 0 saturated carbocycles. The maximum atomic E-state index is 13.8. The number of aromatic nitrogens is 2. The van der Waals surface area contributed by atoms with Gasteiger partial charge in [-0.3, -0.25) is 10.1 Å². The van der Waals surface area contributed by atoms with Crippen molar-refractivity contribution in [3.8, 4) is 0 Å². The monoisotopic (exact) mass is 386 g/mol. The van der Waals surface area contributed by atoms with E-state index in [0.29, 0.717) is 0 Å². The zero-order chi connectivity index (χ0) is 19.1. The Kier molecular flexibility index (Phi) is 4.36. The summed E-state index contributed by atoms with van der Waals surface area (Å²) in [6, 6.07) is 5.52. The number of anilines is 2. The van der Waals surface area contributed by atoms with Crippen LogP contribution in [0.25, 0.3) is 10.9 Å². The largest absolute Gasteiger partial charge is 0.416 e. The average molecular weight is 387 g/mol. The fourth-order valence-electron chi connectivity index (χ4n) is 2.17. The fraction of sp³-hybridized carbons (Fsp3) is 0.0667. The number of benzene rings is 2.